The zero-order valence-electron chi connectivity index (χ0n) is 8.10. The Morgan fingerprint density at radius 1 is 0.800 bits per heavy atom. The molecule has 2 aromatic rings. The second-order valence-corrected chi connectivity index (χ2v) is 3.17. The molecule has 0 unspecified atom stereocenters. The summed E-state index contributed by atoms with van der Waals surface area (Å²) in [7, 11) is 0. The molecule has 0 saturated heterocycles. The molecule has 1 aromatic heterocycles. The van der Waals surface area contributed by atoms with Gasteiger partial charge in [0.05, 0.1) is 0 Å². The largest absolute Gasteiger partial charge is 0.265 e. The number of pyridine rings is 1. The van der Waals surface area contributed by atoms with Crippen molar-refractivity contribution in [2.75, 3.05) is 0 Å². The van der Waals surface area contributed by atoms with Crippen LogP contribution in [-0.4, -0.2) is 4.98 Å². The minimum atomic E-state index is -0.212. The summed E-state index contributed by atoms with van der Waals surface area (Å²) in [5.41, 5.74) is 2.06. The van der Waals surface area contributed by atoms with E-state index in [1.54, 1.807) is 24.5 Å². The van der Waals surface area contributed by atoms with Crippen LogP contribution in [-0.2, 0) is 0 Å². The molecule has 0 bridgehead atoms. The molecule has 1 heterocycles. The number of benzene rings is 1. The van der Waals surface area contributed by atoms with Crippen LogP contribution in [0.2, 0.25) is 0 Å². The standard InChI is InChI=1S/C13H10FN/c14-13-5-3-11(4-6-13)1-2-12-7-9-15-10-8-12/h1-10H. The minimum absolute atomic E-state index is 0.212. The second kappa shape index (κ2) is 4.51. The zero-order chi connectivity index (χ0) is 10.5. The summed E-state index contributed by atoms with van der Waals surface area (Å²) in [5.74, 6) is -0.212. The van der Waals surface area contributed by atoms with Crippen molar-refractivity contribution in [3.63, 3.8) is 0 Å². The van der Waals surface area contributed by atoms with Crippen molar-refractivity contribution in [2.24, 2.45) is 0 Å². The summed E-state index contributed by atoms with van der Waals surface area (Å²) < 4.78 is 12.6. The Hall–Kier alpha value is -1.96. The van der Waals surface area contributed by atoms with E-state index in [1.807, 2.05) is 24.3 Å². The molecule has 0 amide bonds. The Labute approximate surface area is 87.9 Å². The van der Waals surface area contributed by atoms with Gasteiger partial charge in [0.25, 0.3) is 0 Å². The normalized spacial score (nSPS) is 10.7. The quantitative estimate of drug-likeness (QED) is 0.722. The molecule has 0 radical (unpaired) electrons. The van der Waals surface area contributed by atoms with Crippen LogP contribution in [0.5, 0.6) is 0 Å². The highest BCUT2D eigenvalue weighted by Gasteiger charge is 1.89. The Balaban J connectivity index is 2.15. The van der Waals surface area contributed by atoms with E-state index in [-0.39, 0.29) is 5.82 Å². The SMILES string of the molecule is Fc1ccc(C=Cc2ccncc2)cc1. The van der Waals surface area contributed by atoms with Crippen LogP contribution in [0.1, 0.15) is 11.1 Å². The van der Waals surface area contributed by atoms with Gasteiger partial charge in [0, 0.05) is 12.4 Å². The lowest BCUT2D eigenvalue weighted by atomic mass is 10.1. The summed E-state index contributed by atoms with van der Waals surface area (Å²) >= 11 is 0. The van der Waals surface area contributed by atoms with Crippen LogP contribution in [0.3, 0.4) is 0 Å². The fraction of sp³-hybridized carbons (Fsp3) is 0. The van der Waals surface area contributed by atoms with Gasteiger partial charge in [0.15, 0.2) is 0 Å². The highest BCUT2D eigenvalue weighted by molar-refractivity contribution is 5.69. The number of hydrogen-bond acceptors (Lipinski definition) is 1. The van der Waals surface area contributed by atoms with Crippen molar-refractivity contribution in [1.29, 1.82) is 0 Å². The molecular weight excluding hydrogens is 189 g/mol. The number of hydrogen-bond donors (Lipinski definition) is 0. The number of aromatic nitrogens is 1. The van der Waals surface area contributed by atoms with Gasteiger partial charge in [-0.25, -0.2) is 4.39 Å². The first-order valence-electron chi connectivity index (χ1n) is 4.68. The summed E-state index contributed by atoms with van der Waals surface area (Å²) in [4.78, 5) is 3.93. The molecule has 1 aromatic carbocycles. The molecule has 2 rings (SSSR count). The first-order valence-corrected chi connectivity index (χ1v) is 4.68. The van der Waals surface area contributed by atoms with Gasteiger partial charge in [-0.05, 0) is 35.4 Å². The van der Waals surface area contributed by atoms with E-state index in [0.717, 1.165) is 11.1 Å². The van der Waals surface area contributed by atoms with Gasteiger partial charge in [-0.1, -0.05) is 24.3 Å². The number of nitrogens with zero attached hydrogens (tertiary/aromatic N) is 1. The van der Waals surface area contributed by atoms with E-state index < -0.39 is 0 Å². The Kier molecular flexibility index (Phi) is 2.88. The molecule has 15 heavy (non-hydrogen) atoms. The summed E-state index contributed by atoms with van der Waals surface area (Å²) in [6.45, 7) is 0. The van der Waals surface area contributed by atoms with Crippen molar-refractivity contribution in [1.82, 2.24) is 4.98 Å². The maximum atomic E-state index is 12.6. The predicted molar refractivity (Wildman–Crippen MR) is 59.6 cm³/mol. The monoisotopic (exact) mass is 199 g/mol. The molecule has 1 nitrogen and oxygen atoms in total. The van der Waals surface area contributed by atoms with Gasteiger partial charge < -0.3 is 0 Å². The fourth-order valence-electron chi connectivity index (χ4n) is 1.24. The third-order valence-electron chi connectivity index (χ3n) is 2.04. The van der Waals surface area contributed by atoms with Gasteiger partial charge in [-0.3, -0.25) is 4.98 Å². The minimum Gasteiger partial charge on any atom is -0.265 e. The van der Waals surface area contributed by atoms with Gasteiger partial charge in [0.1, 0.15) is 5.82 Å². The Bertz CT molecular complexity index is 446. The van der Waals surface area contributed by atoms with E-state index >= 15 is 0 Å². The molecule has 0 N–H and O–H groups in total. The van der Waals surface area contributed by atoms with Gasteiger partial charge >= 0.3 is 0 Å². The van der Waals surface area contributed by atoms with Gasteiger partial charge in [-0.15, -0.1) is 0 Å². The number of rotatable bonds is 2. The van der Waals surface area contributed by atoms with E-state index in [2.05, 4.69) is 4.98 Å². The van der Waals surface area contributed by atoms with E-state index in [9.17, 15) is 4.39 Å². The Morgan fingerprint density at radius 2 is 1.33 bits per heavy atom. The molecule has 0 aliphatic heterocycles. The third-order valence-corrected chi connectivity index (χ3v) is 2.04. The topological polar surface area (TPSA) is 12.9 Å². The summed E-state index contributed by atoms with van der Waals surface area (Å²) in [5, 5.41) is 0. The lowest BCUT2D eigenvalue weighted by Crippen LogP contribution is -1.75. The lowest BCUT2D eigenvalue weighted by Gasteiger charge is -1.93. The van der Waals surface area contributed by atoms with Crippen LogP contribution in [0.15, 0.2) is 48.8 Å². The molecule has 0 saturated carbocycles. The van der Waals surface area contributed by atoms with Crippen LogP contribution in [0.25, 0.3) is 12.2 Å². The lowest BCUT2D eigenvalue weighted by molar-refractivity contribution is 0.628. The van der Waals surface area contributed by atoms with E-state index in [4.69, 9.17) is 0 Å². The summed E-state index contributed by atoms with van der Waals surface area (Å²) in [6.07, 6.45) is 7.39. The van der Waals surface area contributed by atoms with Crippen molar-refractivity contribution < 1.29 is 4.39 Å². The fourth-order valence-corrected chi connectivity index (χ4v) is 1.24. The maximum Gasteiger partial charge on any atom is 0.123 e. The molecule has 0 aliphatic rings. The molecule has 0 spiro atoms. The average Bonchev–Trinajstić information content (AvgIpc) is 2.30. The highest BCUT2D eigenvalue weighted by Crippen LogP contribution is 2.08. The molecule has 0 aliphatic carbocycles. The van der Waals surface area contributed by atoms with Crippen molar-refractivity contribution in [3.8, 4) is 0 Å². The van der Waals surface area contributed by atoms with Gasteiger partial charge in [0.2, 0.25) is 0 Å². The van der Waals surface area contributed by atoms with Gasteiger partial charge in [-0.2, -0.15) is 0 Å². The van der Waals surface area contributed by atoms with E-state index in [0.29, 0.717) is 0 Å². The molecule has 0 fully saturated rings. The van der Waals surface area contributed by atoms with Crippen LogP contribution >= 0.6 is 0 Å². The average molecular weight is 199 g/mol. The van der Waals surface area contributed by atoms with Crippen LogP contribution in [0.4, 0.5) is 4.39 Å². The van der Waals surface area contributed by atoms with Crippen molar-refractivity contribution in [3.05, 3.63) is 65.7 Å². The molecule has 2 heteroatoms. The first kappa shape index (κ1) is 9.59. The third kappa shape index (κ3) is 2.74. The molecule has 0 atom stereocenters. The maximum absolute atomic E-state index is 12.6. The molecular formula is C13H10FN. The smallest absolute Gasteiger partial charge is 0.123 e. The highest BCUT2D eigenvalue weighted by atomic mass is 19.1. The second-order valence-electron chi connectivity index (χ2n) is 3.17. The summed E-state index contributed by atoms with van der Waals surface area (Å²) in [6, 6.07) is 10.2. The zero-order valence-corrected chi connectivity index (χ0v) is 8.10. The first-order chi connectivity index (χ1) is 7.34. The van der Waals surface area contributed by atoms with Crippen molar-refractivity contribution >= 4 is 12.2 Å². The van der Waals surface area contributed by atoms with Crippen LogP contribution in [0, 0.1) is 5.82 Å². The molecule has 74 valence electrons. The van der Waals surface area contributed by atoms with E-state index in [1.165, 1.54) is 12.1 Å². The Morgan fingerprint density at radius 3 is 1.93 bits per heavy atom. The van der Waals surface area contributed by atoms with Crippen LogP contribution < -0.4 is 0 Å². The predicted octanol–water partition coefficient (Wildman–Crippen LogP) is 3.39. The van der Waals surface area contributed by atoms with Crippen molar-refractivity contribution in [2.45, 2.75) is 0 Å². The number of halogens is 1.